The Kier molecular flexibility index (Phi) is 3.80. The Morgan fingerprint density at radius 2 is 2.32 bits per heavy atom. The fourth-order valence-corrected chi connectivity index (χ4v) is 4.21. The Labute approximate surface area is 118 Å². The largest absolute Gasteiger partial charge is 0.343 e. The third kappa shape index (κ3) is 2.79. The van der Waals surface area contributed by atoms with E-state index in [1.807, 2.05) is 18.0 Å². The van der Waals surface area contributed by atoms with E-state index in [1.54, 1.807) is 11.8 Å². The van der Waals surface area contributed by atoms with Crippen LogP contribution in [0.4, 0.5) is 0 Å². The lowest BCUT2D eigenvalue weighted by Crippen LogP contribution is -2.42. The van der Waals surface area contributed by atoms with Gasteiger partial charge in [-0.15, -0.1) is 11.8 Å². The molecule has 0 radical (unpaired) electrons. The number of benzene rings is 1. The van der Waals surface area contributed by atoms with E-state index in [9.17, 15) is 4.79 Å². The summed E-state index contributed by atoms with van der Waals surface area (Å²) in [6, 6.07) is 8.84. The molecule has 1 saturated heterocycles. The molecule has 1 amide bonds. The summed E-state index contributed by atoms with van der Waals surface area (Å²) < 4.78 is 0. The van der Waals surface area contributed by atoms with E-state index in [2.05, 4.69) is 23.5 Å². The Balaban J connectivity index is 1.59. The maximum Gasteiger partial charge on any atom is 0.236 e. The third-order valence-electron chi connectivity index (χ3n) is 3.96. The van der Waals surface area contributed by atoms with E-state index >= 15 is 0 Å². The normalized spacial score (nSPS) is 25.3. The van der Waals surface area contributed by atoms with Crippen molar-refractivity contribution in [2.24, 2.45) is 0 Å². The van der Waals surface area contributed by atoms with Crippen molar-refractivity contribution in [3.8, 4) is 0 Å². The van der Waals surface area contributed by atoms with E-state index in [0.717, 1.165) is 19.5 Å². The molecule has 0 aromatic heterocycles. The number of carbonyl (C=O) groups is 1. The molecule has 0 bridgehead atoms. The number of hydrogen-bond acceptors (Lipinski definition) is 3. The molecule has 4 heteroatoms. The molecule has 2 aliphatic rings. The monoisotopic (exact) mass is 276 g/mol. The number of hydrogen-bond donors (Lipinski definition) is 1. The minimum atomic E-state index is 0.0730. The van der Waals surface area contributed by atoms with Crippen LogP contribution in [0.1, 0.15) is 18.4 Å². The second-order valence-electron chi connectivity index (χ2n) is 5.43. The van der Waals surface area contributed by atoms with E-state index in [4.69, 9.17) is 0 Å². The van der Waals surface area contributed by atoms with Crippen molar-refractivity contribution in [1.29, 1.82) is 0 Å². The minimum Gasteiger partial charge on any atom is -0.343 e. The number of rotatable bonds is 3. The summed E-state index contributed by atoms with van der Waals surface area (Å²) in [5, 5.41) is 3.52. The van der Waals surface area contributed by atoms with Crippen LogP contribution in [0.15, 0.2) is 29.2 Å². The van der Waals surface area contributed by atoms with Crippen LogP contribution >= 0.6 is 11.8 Å². The van der Waals surface area contributed by atoms with Crippen LogP contribution in [0.2, 0.25) is 0 Å². The van der Waals surface area contributed by atoms with Gasteiger partial charge in [0.1, 0.15) is 0 Å². The molecule has 1 N–H and O–H groups in total. The van der Waals surface area contributed by atoms with E-state index in [-0.39, 0.29) is 11.2 Å². The van der Waals surface area contributed by atoms with Crippen LogP contribution in [0, 0.1) is 0 Å². The molecule has 1 aromatic rings. The van der Waals surface area contributed by atoms with Crippen molar-refractivity contribution in [2.45, 2.75) is 35.4 Å². The number of amides is 1. The van der Waals surface area contributed by atoms with Gasteiger partial charge in [0, 0.05) is 24.5 Å². The molecule has 102 valence electrons. The van der Waals surface area contributed by atoms with Crippen molar-refractivity contribution >= 4 is 17.7 Å². The van der Waals surface area contributed by atoms with Crippen molar-refractivity contribution in [2.75, 3.05) is 20.1 Å². The predicted octanol–water partition coefficient (Wildman–Crippen LogP) is 1.91. The summed E-state index contributed by atoms with van der Waals surface area (Å²) in [6.07, 6.45) is 3.30. The molecule has 0 aliphatic carbocycles. The number of nitrogens with zero attached hydrogens (tertiary/aromatic N) is 1. The Hall–Kier alpha value is -1.00. The lowest BCUT2D eigenvalue weighted by molar-refractivity contribution is -0.129. The Morgan fingerprint density at radius 1 is 1.47 bits per heavy atom. The highest BCUT2D eigenvalue weighted by Crippen LogP contribution is 2.37. The highest BCUT2D eigenvalue weighted by Gasteiger charge is 2.31. The van der Waals surface area contributed by atoms with Gasteiger partial charge in [-0.2, -0.15) is 0 Å². The number of thioether (sulfide) groups is 1. The molecule has 3 rings (SSSR count). The summed E-state index contributed by atoms with van der Waals surface area (Å²) in [6.45, 7) is 1.93. The van der Waals surface area contributed by atoms with Crippen molar-refractivity contribution in [3.05, 3.63) is 29.8 Å². The molecule has 2 unspecified atom stereocenters. The number of carbonyl (C=O) groups excluding carboxylic acids is 1. The summed E-state index contributed by atoms with van der Waals surface area (Å²) in [7, 11) is 1.94. The Bertz CT molecular complexity index is 446. The summed E-state index contributed by atoms with van der Waals surface area (Å²) in [5.74, 6) is 0.273. The predicted molar refractivity (Wildman–Crippen MR) is 78.5 cm³/mol. The molecule has 2 atom stereocenters. The highest BCUT2D eigenvalue weighted by atomic mass is 32.2. The molecule has 19 heavy (non-hydrogen) atoms. The van der Waals surface area contributed by atoms with E-state index < -0.39 is 0 Å². The van der Waals surface area contributed by atoms with Gasteiger partial charge >= 0.3 is 0 Å². The van der Waals surface area contributed by atoms with Gasteiger partial charge in [0.05, 0.1) is 5.25 Å². The molecule has 3 nitrogen and oxygen atoms in total. The van der Waals surface area contributed by atoms with Crippen LogP contribution in [0.25, 0.3) is 0 Å². The average molecular weight is 276 g/mol. The maximum absolute atomic E-state index is 12.5. The van der Waals surface area contributed by atoms with E-state index in [0.29, 0.717) is 6.04 Å². The van der Waals surface area contributed by atoms with Crippen LogP contribution < -0.4 is 5.32 Å². The van der Waals surface area contributed by atoms with Gasteiger partial charge < -0.3 is 10.2 Å². The second kappa shape index (κ2) is 5.55. The smallest absolute Gasteiger partial charge is 0.236 e. The molecule has 0 saturated carbocycles. The quantitative estimate of drug-likeness (QED) is 0.915. The molecule has 1 fully saturated rings. The first-order valence-corrected chi connectivity index (χ1v) is 7.85. The second-order valence-corrected chi connectivity index (χ2v) is 6.67. The van der Waals surface area contributed by atoms with Crippen LogP contribution in [-0.2, 0) is 11.2 Å². The number of likely N-dealkylation sites (N-methyl/N-ethyl adjacent to an activating group) is 1. The molecular formula is C15H20N2OS. The first-order chi connectivity index (χ1) is 9.24. The zero-order valence-corrected chi connectivity index (χ0v) is 12.1. The maximum atomic E-state index is 12.5. The zero-order chi connectivity index (χ0) is 13.2. The lowest BCUT2D eigenvalue weighted by Gasteiger charge is -2.23. The standard InChI is InChI=1S/C15H20N2OS/c1-17(10-12-6-4-8-16-12)15(18)14-9-11-5-2-3-7-13(11)19-14/h2-3,5,7,12,14,16H,4,6,8-10H2,1H3. The topological polar surface area (TPSA) is 32.3 Å². The van der Waals surface area contributed by atoms with Gasteiger partial charge in [-0.3, -0.25) is 4.79 Å². The summed E-state index contributed by atoms with van der Waals surface area (Å²) >= 11 is 1.72. The first kappa shape index (κ1) is 13.0. The molecule has 1 aromatic carbocycles. The van der Waals surface area contributed by atoms with Crippen molar-refractivity contribution in [3.63, 3.8) is 0 Å². The summed E-state index contributed by atoms with van der Waals surface area (Å²) in [5.41, 5.74) is 1.32. The number of nitrogens with one attached hydrogen (secondary N) is 1. The fourth-order valence-electron chi connectivity index (χ4n) is 2.90. The van der Waals surface area contributed by atoms with Gasteiger partial charge in [-0.1, -0.05) is 18.2 Å². The minimum absolute atomic E-state index is 0.0730. The van der Waals surface area contributed by atoms with Gasteiger partial charge in [0.15, 0.2) is 0 Å². The summed E-state index contributed by atoms with van der Waals surface area (Å²) in [4.78, 5) is 15.7. The number of fused-ring (bicyclic) bond motifs is 1. The SMILES string of the molecule is CN(CC1CCCN1)C(=O)C1Cc2ccccc2S1. The van der Waals surface area contributed by atoms with Crippen LogP contribution in [-0.4, -0.2) is 42.2 Å². The average Bonchev–Trinajstić information content (AvgIpc) is 3.05. The molecule has 2 aliphatic heterocycles. The third-order valence-corrected chi connectivity index (χ3v) is 5.26. The highest BCUT2D eigenvalue weighted by molar-refractivity contribution is 8.01. The van der Waals surface area contributed by atoms with Crippen molar-refractivity contribution < 1.29 is 4.79 Å². The van der Waals surface area contributed by atoms with Gasteiger partial charge in [-0.05, 0) is 37.4 Å². The van der Waals surface area contributed by atoms with Crippen LogP contribution in [0.5, 0.6) is 0 Å². The van der Waals surface area contributed by atoms with E-state index in [1.165, 1.54) is 23.3 Å². The van der Waals surface area contributed by atoms with Crippen molar-refractivity contribution in [1.82, 2.24) is 10.2 Å². The van der Waals surface area contributed by atoms with Gasteiger partial charge in [-0.25, -0.2) is 0 Å². The zero-order valence-electron chi connectivity index (χ0n) is 11.3. The van der Waals surface area contributed by atoms with Crippen LogP contribution in [0.3, 0.4) is 0 Å². The molecule has 2 heterocycles. The molecule has 0 spiro atoms. The molecular weight excluding hydrogens is 256 g/mol. The lowest BCUT2D eigenvalue weighted by atomic mass is 10.1. The fraction of sp³-hybridized carbons (Fsp3) is 0.533. The van der Waals surface area contributed by atoms with Gasteiger partial charge in [0.25, 0.3) is 0 Å². The first-order valence-electron chi connectivity index (χ1n) is 6.97. The van der Waals surface area contributed by atoms with Gasteiger partial charge in [0.2, 0.25) is 5.91 Å². The Morgan fingerprint density at radius 3 is 3.05 bits per heavy atom.